The molecule has 1 N–H and O–H groups in total. The van der Waals surface area contributed by atoms with E-state index in [4.69, 9.17) is 0 Å². The molecule has 28 heavy (non-hydrogen) atoms. The minimum atomic E-state index is -0.456. The largest absolute Gasteiger partial charge is 0.372 e. The first kappa shape index (κ1) is 19.6. The van der Waals surface area contributed by atoms with Crippen LogP contribution in [0.4, 0.5) is 15.8 Å². The quantitative estimate of drug-likeness (QED) is 0.687. The lowest BCUT2D eigenvalue weighted by atomic mass is 10.1. The van der Waals surface area contributed by atoms with Crippen molar-refractivity contribution in [3.63, 3.8) is 0 Å². The van der Waals surface area contributed by atoms with E-state index in [0.717, 1.165) is 24.3 Å². The van der Waals surface area contributed by atoms with E-state index in [1.807, 2.05) is 25.1 Å². The van der Waals surface area contributed by atoms with Gasteiger partial charge in [0.05, 0.1) is 11.1 Å². The van der Waals surface area contributed by atoms with Gasteiger partial charge in [0.25, 0.3) is 5.91 Å². The number of benzene rings is 2. The van der Waals surface area contributed by atoms with Gasteiger partial charge in [-0.15, -0.1) is 0 Å². The molecule has 0 saturated heterocycles. The number of hydrogen-bond acceptors (Lipinski definition) is 3. The minimum Gasteiger partial charge on any atom is -0.372 e. The SMILES string of the molecule is CCN(CC)c1ccc(NC(=O)c2cn(C(C)=O)c3cc(F)ccc23)c(C)c1. The van der Waals surface area contributed by atoms with Crippen molar-refractivity contribution in [2.45, 2.75) is 27.7 Å². The van der Waals surface area contributed by atoms with Crippen LogP contribution in [0.3, 0.4) is 0 Å². The number of carbonyl (C=O) groups excluding carboxylic acids is 2. The summed E-state index contributed by atoms with van der Waals surface area (Å²) in [6.07, 6.45) is 1.46. The molecule has 146 valence electrons. The van der Waals surface area contributed by atoms with Gasteiger partial charge < -0.3 is 10.2 Å². The lowest BCUT2D eigenvalue weighted by Gasteiger charge is -2.22. The predicted octanol–water partition coefficient (Wildman–Crippen LogP) is 4.85. The maximum Gasteiger partial charge on any atom is 0.257 e. The first-order chi connectivity index (χ1) is 13.3. The predicted molar refractivity (Wildman–Crippen MR) is 111 cm³/mol. The number of fused-ring (bicyclic) bond motifs is 1. The molecule has 0 radical (unpaired) electrons. The molecule has 0 fully saturated rings. The molecule has 0 aliphatic heterocycles. The Morgan fingerprint density at radius 3 is 2.43 bits per heavy atom. The Balaban J connectivity index is 1.95. The number of aryl methyl sites for hydroxylation is 1. The molecule has 5 nitrogen and oxygen atoms in total. The first-order valence-corrected chi connectivity index (χ1v) is 9.34. The average molecular weight is 381 g/mol. The van der Waals surface area contributed by atoms with Crippen molar-refractivity contribution in [3.8, 4) is 0 Å². The Kier molecular flexibility index (Phi) is 5.49. The average Bonchev–Trinajstić information content (AvgIpc) is 3.03. The summed E-state index contributed by atoms with van der Waals surface area (Å²) < 4.78 is 14.9. The molecule has 0 saturated carbocycles. The monoisotopic (exact) mass is 381 g/mol. The van der Waals surface area contributed by atoms with Crippen molar-refractivity contribution in [3.05, 3.63) is 59.5 Å². The summed E-state index contributed by atoms with van der Waals surface area (Å²) in [5, 5.41) is 3.45. The van der Waals surface area contributed by atoms with Crippen LogP contribution < -0.4 is 10.2 Å². The zero-order chi connectivity index (χ0) is 20.4. The summed E-state index contributed by atoms with van der Waals surface area (Å²) in [6.45, 7) is 9.33. The van der Waals surface area contributed by atoms with Crippen LogP contribution in [0, 0.1) is 12.7 Å². The van der Waals surface area contributed by atoms with Crippen molar-refractivity contribution < 1.29 is 14.0 Å². The van der Waals surface area contributed by atoms with Crippen LogP contribution in [-0.2, 0) is 0 Å². The molecular formula is C22H24FN3O2. The molecule has 3 aromatic rings. The van der Waals surface area contributed by atoms with Crippen molar-refractivity contribution in [2.24, 2.45) is 0 Å². The summed E-state index contributed by atoms with van der Waals surface area (Å²) >= 11 is 0. The highest BCUT2D eigenvalue weighted by Gasteiger charge is 2.18. The fourth-order valence-electron chi connectivity index (χ4n) is 3.40. The van der Waals surface area contributed by atoms with E-state index in [1.54, 1.807) is 0 Å². The van der Waals surface area contributed by atoms with Crippen LogP contribution in [0.1, 0.15) is 41.5 Å². The molecule has 0 atom stereocenters. The molecule has 3 rings (SSSR count). The van der Waals surface area contributed by atoms with E-state index in [2.05, 4.69) is 24.1 Å². The molecule has 0 aliphatic carbocycles. The Labute approximate surface area is 163 Å². The fraction of sp³-hybridized carbons (Fsp3) is 0.273. The topological polar surface area (TPSA) is 54.3 Å². The van der Waals surface area contributed by atoms with E-state index in [1.165, 1.54) is 35.9 Å². The van der Waals surface area contributed by atoms with Crippen LogP contribution in [0.2, 0.25) is 0 Å². The van der Waals surface area contributed by atoms with E-state index in [-0.39, 0.29) is 11.8 Å². The van der Waals surface area contributed by atoms with Crippen LogP contribution in [0.5, 0.6) is 0 Å². The number of carbonyl (C=O) groups is 2. The summed E-state index contributed by atoms with van der Waals surface area (Å²) in [5.74, 6) is -1.08. The van der Waals surface area contributed by atoms with E-state index >= 15 is 0 Å². The molecule has 1 amide bonds. The minimum absolute atomic E-state index is 0.283. The maximum absolute atomic E-state index is 13.6. The zero-order valence-electron chi connectivity index (χ0n) is 16.5. The molecule has 0 unspecified atom stereocenters. The van der Waals surface area contributed by atoms with Crippen molar-refractivity contribution in [1.29, 1.82) is 0 Å². The van der Waals surface area contributed by atoms with Gasteiger partial charge in [0.2, 0.25) is 5.91 Å². The molecule has 1 aromatic heterocycles. The number of hydrogen-bond donors (Lipinski definition) is 1. The van der Waals surface area contributed by atoms with Gasteiger partial charge in [-0.2, -0.15) is 0 Å². The second kappa shape index (κ2) is 7.84. The molecular weight excluding hydrogens is 357 g/mol. The Hall–Kier alpha value is -3.15. The Morgan fingerprint density at radius 2 is 1.82 bits per heavy atom. The summed E-state index contributed by atoms with van der Waals surface area (Å²) in [5.41, 5.74) is 3.46. The van der Waals surface area contributed by atoms with Crippen molar-refractivity contribution >= 4 is 34.1 Å². The number of nitrogens with zero attached hydrogens (tertiary/aromatic N) is 2. The molecule has 1 heterocycles. The Morgan fingerprint density at radius 1 is 1.11 bits per heavy atom. The van der Waals surface area contributed by atoms with Crippen LogP contribution in [-0.4, -0.2) is 29.5 Å². The smallest absolute Gasteiger partial charge is 0.257 e. The van der Waals surface area contributed by atoms with Gasteiger partial charge in [-0.05, 0) is 62.7 Å². The van der Waals surface area contributed by atoms with Crippen LogP contribution >= 0.6 is 0 Å². The standard InChI is InChI=1S/C22H24FN3O2/c1-5-25(6-2)17-8-10-20(14(3)11-17)24-22(28)19-13-26(15(4)27)21-12-16(23)7-9-18(19)21/h7-13H,5-6H2,1-4H3,(H,24,28). The van der Waals surface area contributed by atoms with Gasteiger partial charge in [-0.25, -0.2) is 4.39 Å². The normalized spacial score (nSPS) is 10.9. The number of anilines is 2. The van der Waals surface area contributed by atoms with Gasteiger partial charge in [-0.3, -0.25) is 14.2 Å². The third kappa shape index (κ3) is 3.63. The van der Waals surface area contributed by atoms with E-state index < -0.39 is 5.82 Å². The van der Waals surface area contributed by atoms with Gasteiger partial charge >= 0.3 is 0 Å². The van der Waals surface area contributed by atoms with Gasteiger partial charge in [0.1, 0.15) is 5.82 Å². The first-order valence-electron chi connectivity index (χ1n) is 9.34. The zero-order valence-corrected chi connectivity index (χ0v) is 16.5. The summed E-state index contributed by atoms with van der Waals surface area (Å²) in [6, 6.07) is 9.96. The van der Waals surface area contributed by atoms with E-state index in [0.29, 0.717) is 22.2 Å². The van der Waals surface area contributed by atoms with Gasteiger partial charge in [-0.1, -0.05) is 0 Å². The molecule has 0 spiro atoms. The molecule has 2 aromatic carbocycles. The highest BCUT2D eigenvalue weighted by atomic mass is 19.1. The van der Waals surface area contributed by atoms with Crippen molar-refractivity contribution in [2.75, 3.05) is 23.3 Å². The number of rotatable bonds is 5. The number of aromatic nitrogens is 1. The Bertz CT molecular complexity index is 1050. The maximum atomic E-state index is 13.6. The number of amides is 1. The molecule has 6 heteroatoms. The molecule has 0 bridgehead atoms. The second-order valence-corrected chi connectivity index (χ2v) is 6.72. The lowest BCUT2D eigenvalue weighted by molar-refractivity contribution is 0.0941. The summed E-state index contributed by atoms with van der Waals surface area (Å²) in [7, 11) is 0. The number of nitrogens with one attached hydrogen (secondary N) is 1. The highest BCUT2D eigenvalue weighted by molar-refractivity contribution is 6.14. The number of halogens is 1. The lowest BCUT2D eigenvalue weighted by Crippen LogP contribution is -2.22. The van der Waals surface area contributed by atoms with Gasteiger partial charge in [0, 0.05) is 43.0 Å². The third-order valence-electron chi connectivity index (χ3n) is 4.94. The van der Waals surface area contributed by atoms with E-state index in [9.17, 15) is 14.0 Å². The van der Waals surface area contributed by atoms with Gasteiger partial charge in [0.15, 0.2) is 0 Å². The fourth-order valence-corrected chi connectivity index (χ4v) is 3.40. The van der Waals surface area contributed by atoms with Crippen molar-refractivity contribution in [1.82, 2.24) is 4.57 Å². The highest BCUT2D eigenvalue weighted by Crippen LogP contribution is 2.26. The van der Waals surface area contributed by atoms with Crippen LogP contribution in [0.25, 0.3) is 10.9 Å². The molecule has 0 aliphatic rings. The van der Waals surface area contributed by atoms with Crippen LogP contribution in [0.15, 0.2) is 42.6 Å². The second-order valence-electron chi connectivity index (χ2n) is 6.72. The third-order valence-corrected chi connectivity index (χ3v) is 4.94. The summed E-state index contributed by atoms with van der Waals surface area (Å²) in [4.78, 5) is 27.0.